The van der Waals surface area contributed by atoms with Crippen molar-refractivity contribution in [3.05, 3.63) is 71.8 Å². The number of carbonyl (C=O) groups excluding carboxylic acids is 2. The lowest BCUT2D eigenvalue weighted by Crippen LogP contribution is -2.29. The van der Waals surface area contributed by atoms with Crippen molar-refractivity contribution in [2.45, 2.75) is 32.7 Å². The van der Waals surface area contributed by atoms with Crippen LogP contribution < -0.4 is 5.32 Å². The molecule has 30 heavy (non-hydrogen) atoms. The second-order valence-corrected chi connectivity index (χ2v) is 7.66. The molecule has 1 saturated heterocycles. The maximum Gasteiger partial charge on any atom is 0.227 e. The van der Waals surface area contributed by atoms with E-state index in [9.17, 15) is 9.59 Å². The van der Waals surface area contributed by atoms with Crippen LogP contribution in [0.2, 0.25) is 0 Å². The van der Waals surface area contributed by atoms with Gasteiger partial charge in [0, 0.05) is 37.6 Å². The van der Waals surface area contributed by atoms with E-state index in [1.807, 2.05) is 59.3 Å². The molecule has 6 nitrogen and oxygen atoms in total. The normalized spacial score (nSPS) is 13.6. The van der Waals surface area contributed by atoms with E-state index in [4.69, 9.17) is 5.10 Å². The first-order chi connectivity index (χ1) is 14.6. The Morgan fingerprint density at radius 2 is 1.87 bits per heavy atom. The predicted octanol–water partition coefficient (Wildman–Crippen LogP) is 3.86. The van der Waals surface area contributed by atoms with Gasteiger partial charge in [0.15, 0.2) is 0 Å². The summed E-state index contributed by atoms with van der Waals surface area (Å²) in [5.41, 5.74) is 4.11. The van der Waals surface area contributed by atoms with Crippen molar-refractivity contribution in [2.24, 2.45) is 0 Å². The van der Waals surface area contributed by atoms with E-state index in [1.165, 1.54) is 0 Å². The van der Waals surface area contributed by atoms with Gasteiger partial charge in [-0.3, -0.25) is 9.59 Å². The molecule has 1 N–H and O–H groups in total. The average Bonchev–Trinajstić information content (AvgIpc) is 3.33. The van der Waals surface area contributed by atoms with E-state index in [2.05, 4.69) is 18.3 Å². The fraction of sp³-hybridized carbons (Fsp3) is 0.292. The number of hydrogen-bond donors (Lipinski definition) is 1. The first-order valence-electron chi connectivity index (χ1n) is 10.4. The Balaban J connectivity index is 1.54. The van der Waals surface area contributed by atoms with Gasteiger partial charge in [-0.2, -0.15) is 5.10 Å². The van der Waals surface area contributed by atoms with E-state index in [1.54, 1.807) is 4.90 Å². The molecule has 1 fully saturated rings. The standard InChI is InChI=1S/C24H26N4O2/c1-18-8-5-6-11-20(18)21-16-22(28(26-21)17-19-9-3-2-4-10-19)25-23(29)13-15-27-14-7-12-24(27)30/h2-6,8-11,16H,7,12-15,17H2,1H3,(H,25,29). The van der Waals surface area contributed by atoms with Crippen molar-refractivity contribution < 1.29 is 9.59 Å². The minimum atomic E-state index is -0.111. The summed E-state index contributed by atoms with van der Waals surface area (Å²) < 4.78 is 1.83. The van der Waals surface area contributed by atoms with Gasteiger partial charge >= 0.3 is 0 Å². The second kappa shape index (κ2) is 8.95. The Labute approximate surface area is 176 Å². The van der Waals surface area contributed by atoms with Crippen LogP contribution >= 0.6 is 0 Å². The van der Waals surface area contributed by atoms with E-state index in [0.717, 1.165) is 35.3 Å². The van der Waals surface area contributed by atoms with Crippen LogP contribution in [0.5, 0.6) is 0 Å². The Morgan fingerprint density at radius 3 is 2.60 bits per heavy atom. The minimum absolute atomic E-state index is 0.111. The molecule has 2 heterocycles. The van der Waals surface area contributed by atoms with Gasteiger partial charge in [-0.05, 0) is 24.5 Å². The fourth-order valence-electron chi connectivity index (χ4n) is 3.77. The first-order valence-corrected chi connectivity index (χ1v) is 10.4. The molecule has 4 rings (SSSR count). The molecule has 1 aromatic heterocycles. The number of hydrogen-bond acceptors (Lipinski definition) is 3. The van der Waals surface area contributed by atoms with Crippen molar-refractivity contribution >= 4 is 17.6 Å². The smallest absolute Gasteiger partial charge is 0.227 e. The Morgan fingerprint density at radius 1 is 1.10 bits per heavy atom. The summed E-state index contributed by atoms with van der Waals surface area (Å²) in [5, 5.41) is 7.78. The van der Waals surface area contributed by atoms with Crippen molar-refractivity contribution in [1.29, 1.82) is 0 Å². The number of aryl methyl sites for hydroxylation is 1. The molecular formula is C24H26N4O2. The quantitative estimate of drug-likeness (QED) is 0.653. The summed E-state index contributed by atoms with van der Waals surface area (Å²) in [7, 11) is 0. The molecule has 0 radical (unpaired) electrons. The molecule has 3 aromatic rings. The van der Waals surface area contributed by atoms with Gasteiger partial charge in [-0.15, -0.1) is 0 Å². The van der Waals surface area contributed by atoms with E-state index in [0.29, 0.717) is 25.3 Å². The SMILES string of the molecule is Cc1ccccc1-c1cc(NC(=O)CCN2CCCC2=O)n(Cc2ccccc2)n1. The Kier molecular flexibility index (Phi) is 5.93. The maximum absolute atomic E-state index is 12.6. The third kappa shape index (κ3) is 4.59. The second-order valence-electron chi connectivity index (χ2n) is 7.66. The zero-order valence-electron chi connectivity index (χ0n) is 17.2. The predicted molar refractivity (Wildman–Crippen MR) is 117 cm³/mol. The summed E-state index contributed by atoms with van der Waals surface area (Å²) in [6.07, 6.45) is 1.75. The number of benzene rings is 2. The van der Waals surface area contributed by atoms with Gasteiger partial charge < -0.3 is 10.2 Å². The van der Waals surface area contributed by atoms with Gasteiger partial charge in [-0.1, -0.05) is 54.6 Å². The zero-order chi connectivity index (χ0) is 20.9. The van der Waals surface area contributed by atoms with Crippen molar-refractivity contribution in [1.82, 2.24) is 14.7 Å². The monoisotopic (exact) mass is 402 g/mol. The minimum Gasteiger partial charge on any atom is -0.342 e. The molecule has 0 saturated carbocycles. The number of likely N-dealkylation sites (tertiary alicyclic amines) is 1. The van der Waals surface area contributed by atoms with Gasteiger partial charge in [0.05, 0.1) is 12.2 Å². The molecule has 1 aliphatic rings. The number of carbonyl (C=O) groups is 2. The average molecular weight is 402 g/mol. The van der Waals surface area contributed by atoms with Gasteiger partial charge in [-0.25, -0.2) is 4.68 Å². The van der Waals surface area contributed by atoms with Crippen LogP contribution in [0.4, 0.5) is 5.82 Å². The van der Waals surface area contributed by atoms with Crippen LogP contribution in [0.25, 0.3) is 11.3 Å². The number of aromatic nitrogens is 2. The Hall–Kier alpha value is -3.41. The van der Waals surface area contributed by atoms with Gasteiger partial charge in [0.1, 0.15) is 5.82 Å². The highest BCUT2D eigenvalue weighted by molar-refractivity contribution is 5.91. The molecule has 2 aromatic carbocycles. The zero-order valence-corrected chi connectivity index (χ0v) is 17.2. The van der Waals surface area contributed by atoms with Gasteiger partial charge in [0.25, 0.3) is 0 Å². The molecule has 0 bridgehead atoms. The molecule has 0 spiro atoms. The highest BCUT2D eigenvalue weighted by Crippen LogP contribution is 2.25. The van der Waals surface area contributed by atoms with Crippen molar-refractivity contribution in [3.63, 3.8) is 0 Å². The molecule has 154 valence electrons. The number of anilines is 1. The molecule has 0 unspecified atom stereocenters. The fourth-order valence-corrected chi connectivity index (χ4v) is 3.77. The summed E-state index contributed by atoms with van der Waals surface area (Å²) in [5.74, 6) is 0.689. The van der Waals surface area contributed by atoms with Crippen molar-refractivity contribution in [2.75, 3.05) is 18.4 Å². The molecule has 6 heteroatoms. The van der Waals surface area contributed by atoms with Crippen LogP contribution in [-0.2, 0) is 16.1 Å². The lowest BCUT2D eigenvalue weighted by atomic mass is 10.1. The lowest BCUT2D eigenvalue weighted by Gasteiger charge is -2.15. The highest BCUT2D eigenvalue weighted by atomic mass is 16.2. The van der Waals surface area contributed by atoms with Crippen LogP contribution in [0.1, 0.15) is 30.4 Å². The third-order valence-electron chi connectivity index (χ3n) is 5.42. The summed E-state index contributed by atoms with van der Waals surface area (Å²) in [6.45, 7) is 3.82. The number of nitrogens with zero attached hydrogens (tertiary/aromatic N) is 3. The summed E-state index contributed by atoms with van der Waals surface area (Å²) in [4.78, 5) is 26.1. The van der Waals surface area contributed by atoms with Crippen LogP contribution in [-0.4, -0.2) is 39.6 Å². The third-order valence-corrected chi connectivity index (χ3v) is 5.42. The molecule has 0 atom stereocenters. The van der Waals surface area contributed by atoms with E-state index >= 15 is 0 Å². The van der Waals surface area contributed by atoms with E-state index < -0.39 is 0 Å². The van der Waals surface area contributed by atoms with Crippen LogP contribution in [0, 0.1) is 6.92 Å². The van der Waals surface area contributed by atoms with Gasteiger partial charge in [0.2, 0.25) is 11.8 Å². The molecule has 1 aliphatic heterocycles. The topological polar surface area (TPSA) is 67.2 Å². The summed E-state index contributed by atoms with van der Waals surface area (Å²) in [6, 6.07) is 20.0. The number of amides is 2. The lowest BCUT2D eigenvalue weighted by molar-refractivity contribution is -0.128. The first kappa shape index (κ1) is 19.9. The molecule has 2 amide bonds. The summed E-state index contributed by atoms with van der Waals surface area (Å²) >= 11 is 0. The van der Waals surface area contributed by atoms with Crippen molar-refractivity contribution in [3.8, 4) is 11.3 Å². The Bertz CT molecular complexity index is 1040. The van der Waals surface area contributed by atoms with Crippen LogP contribution in [0.3, 0.4) is 0 Å². The molecule has 0 aliphatic carbocycles. The highest BCUT2D eigenvalue weighted by Gasteiger charge is 2.21. The molecular weight excluding hydrogens is 376 g/mol. The van der Waals surface area contributed by atoms with Crippen LogP contribution in [0.15, 0.2) is 60.7 Å². The maximum atomic E-state index is 12.6. The number of nitrogens with one attached hydrogen (secondary N) is 1. The number of rotatable bonds is 7. The van der Waals surface area contributed by atoms with E-state index in [-0.39, 0.29) is 18.2 Å². The largest absolute Gasteiger partial charge is 0.342 e.